The van der Waals surface area contributed by atoms with Gasteiger partial charge >= 0.3 is 5.69 Å². The Morgan fingerprint density at radius 3 is 2.52 bits per heavy atom. The topological polar surface area (TPSA) is 48.6 Å². The fourth-order valence-electron chi connectivity index (χ4n) is 2.18. The zero-order chi connectivity index (χ0) is 15.1. The van der Waals surface area contributed by atoms with E-state index in [1.54, 1.807) is 24.3 Å². The van der Waals surface area contributed by atoms with Crippen LogP contribution in [0.3, 0.4) is 0 Å². The largest absolute Gasteiger partial charge is 0.323 e. The Morgan fingerprint density at radius 2 is 1.86 bits per heavy atom. The van der Waals surface area contributed by atoms with Gasteiger partial charge in [0.1, 0.15) is 5.82 Å². The first kappa shape index (κ1) is 14.8. The molecule has 1 heterocycles. The molecule has 1 atom stereocenters. The van der Waals surface area contributed by atoms with E-state index in [-0.39, 0.29) is 11.5 Å². The zero-order valence-electron chi connectivity index (χ0n) is 10.4. The lowest BCUT2D eigenvalue weighted by Crippen LogP contribution is -1.99. The Bertz CT molecular complexity index is 870. The Morgan fingerprint density at radius 1 is 1.19 bits per heavy atom. The van der Waals surface area contributed by atoms with Crippen LogP contribution in [0, 0.1) is 5.82 Å². The van der Waals surface area contributed by atoms with Crippen LogP contribution in [-0.4, -0.2) is 9.97 Å². The van der Waals surface area contributed by atoms with Crippen molar-refractivity contribution >= 4 is 54.5 Å². The molecule has 0 saturated heterocycles. The Labute approximate surface area is 140 Å². The summed E-state index contributed by atoms with van der Waals surface area (Å²) in [4.78, 5) is 16.3. The summed E-state index contributed by atoms with van der Waals surface area (Å²) in [6.45, 7) is 0. The Kier molecular flexibility index (Phi) is 3.94. The number of alkyl halides is 1. The van der Waals surface area contributed by atoms with E-state index in [2.05, 4.69) is 41.8 Å². The number of halogens is 4. The van der Waals surface area contributed by atoms with E-state index >= 15 is 0 Å². The summed E-state index contributed by atoms with van der Waals surface area (Å²) in [7, 11) is 0. The molecule has 1 unspecified atom stereocenters. The fourth-order valence-corrected chi connectivity index (χ4v) is 4.30. The van der Waals surface area contributed by atoms with E-state index in [0.717, 1.165) is 10.0 Å². The Balaban J connectivity index is 2.19. The van der Waals surface area contributed by atoms with Gasteiger partial charge < -0.3 is 9.97 Å². The molecule has 3 rings (SSSR count). The van der Waals surface area contributed by atoms with Gasteiger partial charge in [-0.3, -0.25) is 0 Å². The van der Waals surface area contributed by atoms with E-state index in [1.165, 1.54) is 6.07 Å². The number of nitrogens with one attached hydrogen (secondary N) is 2. The zero-order valence-corrected chi connectivity index (χ0v) is 14.3. The highest BCUT2D eigenvalue weighted by atomic mass is 79.9. The molecule has 1 aromatic heterocycles. The van der Waals surface area contributed by atoms with Gasteiger partial charge in [0.2, 0.25) is 0 Å². The molecule has 21 heavy (non-hydrogen) atoms. The summed E-state index contributed by atoms with van der Waals surface area (Å²) < 4.78 is 14.8. The van der Waals surface area contributed by atoms with Crippen LogP contribution in [0.15, 0.2) is 39.6 Å². The van der Waals surface area contributed by atoms with Gasteiger partial charge in [-0.25, -0.2) is 9.18 Å². The van der Waals surface area contributed by atoms with Crippen molar-refractivity contribution in [2.45, 2.75) is 4.83 Å². The van der Waals surface area contributed by atoms with Gasteiger partial charge in [-0.15, -0.1) is 0 Å². The molecule has 0 amide bonds. The summed E-state index contributed by atoms with van der Waals surface area (Å²) in [5.74, 6) is -0.390. The van der Waals surface area contributed by atoms with Crippen LogP contribution in [0.25, 0.3) is 11.0 Å². The lowest BCUT2D eigenvalue weighted by Gasteiger charge is -2.15. The minimum absolute atomic E-state index is 0.288. The van der Waals surface area contributed by atoms with Gasteiger partial charge in [-0.1, -0.05) is 49.5 Å². The van der Waals surface area contributed by atoms with Crippen LogP contribution in [0.1, 0.15) is 16.0 Å². The van der Waals surface area contributed by atoms with Gasteiger partial charge in [-0.05, 0) is 29.8 Å². The van der Waals surface area contributed by atoms with E-state index in [1.807, 2.05) is 0 Å². The van der Waals surface area contributed by atoms with Crippen LogP contribution in [-0.2, 0) is 0 Å². The van der Waals surface area contributed by atoms with Gasteiger partial charge in [0.25, 0.3) is 0 Å². The van der Waals surface area contributed by atoms with Gasteiger partial charge in [0.15, 0.2) is 0 Å². The predicted molar refractivity (Wildman–Crippen MR) is 88.8 cm³/mol. The first-order valence-corrected chi connectivity index (χ1v) is 8.05. The van der Waals surface area contributed by atoms with Crippen molar-refractivity contribution in [3.8, 4) is 0 Å². The maximum atomic E-state index is 14.0. The second kappa shape index (κ2) is 5.59. The number of H-pyrrole nitrogens is 2. The molecule has 0 aliphatic carbocycles. The monoisotopic (exact) mass is 432 g/mol. The average Bonchev–Trinajstić information content (AvgIpc) is 2.76. The molecule has 108 valence electrons. The summed E-state index contributed by atoms with van der Waals surface area (Å²) in [5.41, 5.74) is 2.16. The molecule has 0 aliphatic heterocycles. The van der Waals surface area contributed by atoms with Crippen LogP contribution >= 0.6 is 43.5 Å². The van der Waals surface area contributed by atoms with Gasteiger partial charge in [-0.2, -0.15) is 0 Å². The smallest absolute Gasteiger partial charge is 0.306 e. The highest BCUT2D eigenvalue weighted by Gasteiger charge is 2.21. The standard InChI is InChI=1S/C14H8Br2ClFN2O/c15-7-5-11-10(19-14(21)20-11)4-6(7)13(16)12-8(17)2-1-3-9(12)18/h1-5,13H,(H2,19,20,21). The molecule has 0 saturated carbocycles. The van der Waals surface area contributed by atoms with Crippen molar-refractivity contribution < 1.29 is 4.39 Å². The number of fused-ring (bicyclic) bond motifs is 1. The molecule has 3 nitrogen and oxygen atoms in total. The predicted octanol–water partition coefficient (Wildman–Crippen LogP) is 4.90. The summed E-state index contributed by atoms with van der Waals surface area (Å²) in [5, 5.41) is 0.339. The van der Waals surface area contributed by atoms with Gasteiger partial charge in [0, 0.05) is 15.1 Å². The summed E-state index contributed by atoms with van der Waals surface area (Å²) >= 11 is 13.0. The number of aromatic amines is 2. The van der Waals surface area contributed by atoms with Crippen molar-refractivity contribution in [1.82, 2.24) is 9.97 Å². The maximum Gasteiger partial charge on any atom is 0.323 e. The quantitative estimate of drug-likeness (QED) is 0.554. The van der Waals surface area contributed by atoms with Crippen LogP contribution in [0.4, 0.5) is 4.39 Å². The van der Waals surface area contributed by atoms with Crippen molar-refractivity contribution in [2.75, 3.05) is 0 Å². The number of benzene rings is 2. The van der Waals surface area contributed by atoms with E-state index in [4.69, 9.17) is 11.6 Å². The molecule has 7 heteroatoms. The maximum absolute atomic E-state index is 14.0. The molecule has 3 aromatic rings. The van der Waals surface area contributed by atoms with Crippen molar-refractivity contribution in [2.24, 2.45) is 0 Å². The fraction of sp³-hybridized carbons (Fsp3) is 0.0714. The highest BCUT2D eigenvalue weighted by molar-refractivity contribution is 9.11. The van der Waals surface area contributed by atoms with Gasteiger partial charge in [0.05, 0.1) is 15.9 Å². The number of hydrogen-bond acceptors (Lipinski definition) is 1. The molecule has 2 aromatic carbocycles. The molecule has 0 bridgehead atoms. The van der Waals surface area contributed by atoms with E-state index < -0.39 is 4.83 Å². The Hall–Kier alpha value is -1.11. The molecule has 0 fully saturated rings. The highest BCUT2D eigenvalue weighted by Crippen LogP contribution is 2.40. The second-order valence-corrected chi connectivity index (χ2v) is 6.67. The molecule has 0 radical (unpaired) electrons. The second-order valence-electron chi connectivity index (χ2n) is 4.50. The van der Waals surface area contributed by atoms with Crippen molar-refractivity contribution in [1.29, 1.82) is 0 Å². The number of aromatic nitrogens is 2. The summed E-state index contributed by atoms with van der Waals surface area (Å²) in [6.07, 6.45) is 0. The normalized spacial score (nSPS) is 12.8. The minimum Gasteiger partial charge on any atom is -0.306 e. The minimum atomic E-state index is -0.441. The van der Waals surface area contributed by atoms with Crippen molar-refractivity contribution in [3.63, 3.8) is 0 Å². The SMILES string of the molecule is O=c1[nH]c2cc(Br)c(C(Br)c3c(F)cccc3Cl)cc2[nH]1. The van der Waals surface area contributed by atoms with E-state index in [0.29, 0.717) is 21.6 Å². The molecule has 0 aliphatic rings. The van der Waals surface area contributed by atoms with E-state index in [9.17, 15) is 9.18 Å². The van der Waals surface area contributed by atoms with Crippen molar-refractivity contribution in [3.05, 3.63) is 67.3 Å². The third kappa shape index (κ3) is 2.67. The lowest BCUT2D eigenvalue weighted by molar-refractivity contribution is 0.613. The molecule has 0 spiro atoms. The summed E-state index contributed by atoms with van der Waals surface area (Å²) in [6, 6.07) is 8.10. The van der Waals surface area contributed by atoms with Crippen LogP contribution in [0.5, 0.6) is 0 Å². The number of rotatable bonds is 2. The van der Waals surface area contributed by atoms with Crippen LogP contribution in [0.2, 0.25) is 5.02 Å². The number of imidazole rings is 1. The van der Waals surface area contributed by atoms with Crippen LogP contribution < -0.4 is 5.69 Å². The molecular weight excluding hydrogens is 426 g/mol. The third-order valence-electron chi connectivity index (χ3n) is 3.16. The lowest BCUT2D eigenvalue weighted by atomic mass is 10.0. The average molecular weight is 434 g/mol. The first-order valence-electron chi connectivity index (χ1n) is 5.97. The molecular formula is C14H8Br2ClFN2O. The number of hydrogen-bond donors (Lipinski definition) is 2. The molecule has 2 N–H and O–H groups in total. The third-order valence-corrected chi connectivity index (χ3v) is 5.13. The first-order chi connectivity index (χ1) is 9.97.